The number of carboxylic acids is 1. The van der Waals surface area contributed by atoms with E-state index in [9.17, 15) is 9.90 Å². The molecule has 1 saturated carbocycles. The highest BCUT2D eigenvalue weighted by molar-refractivity contribution is 7.80. The first kappa shape index (κ1) is 21.9. The van der Waals surface area contributed by atoms with Crippen molar-refractivity contribution in [2.24, 2.45) is 11.8 Å². The van der Waals surface area contributed by atoms with Crippen LogP contribution in [0.2, 0.25) is 10.0 Å². The molecule has 1 fully saturated rings. The number of aliphatic carboxylic acids is 1. The number of rotatable bonds is 6. The van der Waals surface area contributed by atoms with Gasteiger partial charge < -0.3 is 20.1 Å². The van der Waals surface area contributed by atoms with Gasteiger partial charge in [-0.05, 0) is 79.6 Å². The molecule has 0 heterocycles. The number of benzene rings is 2. The normalized spacial score (nSPS) is 18.8. The molecule has 0 atom stereocenters. The van der Waals surface area contributed by atoms with Crippen LogP contribution in [0.4, 0.5) is 5.69 Å². The number of nitrogens with one attached hydrogen (secondary N) is 1. The summed E-state index contributed by atoms with van der Waals surface area (Å²) in [6, 6.07) is 15.2. The largest absolute Gasteiger partial charge is 0.550 e. The van der Waals surface area contributed by atoms with Crippen LogP contribution in [0.15, 0.2) is 48.5 Å². The van der Waals surface area contributed by atoms with Gasteiger partial charge in [0.25, 0.3) is 0 Å². The van der Waals surface area contributed by atoms with Crippen molar-refractivity contribution in [2.45, 2.75) is 32.2 Å². The lowest BCUT2D eigenvalue weighted by atomic mass is 9.82. The van der Waals surface area contributed by atoms with Crippen molar-refractivity contribution in [3.05, 3.63) is 64.1 Å². The standard InChI is InChI=1S/C22H24Cl2N2O2S/c23-18-11-7-16(8-12-18)14-26(13-15-5-9-17(10-6-15)21(27)28)22(29)25-20-4-2-1-3-19(20)24/h1-4,7-8,11-12,15,17H,5-6,9-10,13-14H2,(H,25,29)(H,27,28)/p-1. The second kappa shape index (κ2) is 10.3. The molecule has 0 radical (unpaired) electrons. The molecule has 29 heavy (non-hydrogen) atoms. The van der Waals surface area contributed by atoms with E-state index in [0.717, 1.165) is 30.6 Å². The third-order valence-corrected chi connectivity index (χ3v) is 6.29. The summed E-state index contributed by atoms with van der Waals surface area (Å²) in [5, 5.41) is 16.3. The van der Waals surface area contributed by atoms with Gasteiger partial charge in [0.05, 0.1) is 10.7 Å². The van der Waals surface area contributed by atoms with E-state index in [2.05, 4.69) is 10.2 Å². The second-order valence-corrected chi connectivity index (χ2v) is 8.68. The van der Waals surface area contributed by atoms with Crippen molar-refractivity contribution in [3.63, 3.8) is 0 Å². The van der Waals surface area contributed by atoms with E-state index in [1.165, 1.54) is 0 Å². The van der Waals surface area contributed by atoms with Gasteiger partial charge >= 0.3 is 0 Å². The Morgan fingerprint density at radius 1 is 1.07 bits per heavy atom. The van der Waals surface area contributed by atoms with Gasteiger partial charge in [-0.25, -0.2) is 0 Å². The molecular formula is C22H23Cl2N2O2S-. The molecule has 3 rings (SSSR count). The second-order valence-electron chi connectivity index (χ2n) is 7.45. The molecule has 0 spiro atoms. The minimum Gasteiger partial charge on any atom is -0.550 e. The van der Waals surface area contributed by atoms with Crippen molar-refractivity contribution in [1.82, 2.24) is 4.90 Å². The smallest absolute Gasteiger partial charge is 0.173 e. The summed E-state index contributed by atoms with van der Waals surface area (Å²) in [7, 11) is 0. The van der Waals surface area contributed by atoms with Crippen LogP contribution in [0, 0.1) is 11.8 Å². The van der Waals surface area contributed by atoms with Gasteiger partial charge in [-0.15, -0.1) is 0 Å². The Kier molecular flexibility index (Phi) is 7.76. The van der Waals surface area contributed by atoms with Crippen LogP contribution in [0.1, 0.15) is 31.2 Å². The quantitative estimate of drug-likeness (QED) is 0.644. The SMILES string of the molecule is O=C([O-])C1CCC(CN(Cc2ccc(Cl)cc2)C(=S)Nc2ccccc2Cl)CC1. The predicted molar refractivity (Wildman–Crippen MR) is 120 cm³/mol. The third-order valence-electron chi connectivity index (χ3n) is 5.35. The molecule has 2 aromatic carbocycles. The van der Waals surface area contributed by atoms with Crippen LogP contribution in [0.3, 0.4) is 0 Å². The Balaban J connectivity index is 1.70. The van der Waals surface area contributed by atoms with Gasteiger partial charge in [0.2, 0.25) is 0 Å². The number of halogens is 2. The van der Waals surface area contributed by atoms with Gasteiger partial charge in [0, 0.05) is 24.1 Å². The van der Waals surface area contributed by atoms with Crippen molar-refractivity contribution in [2.75, 3.05) is 11.9 Å². The number of anilines is 1. The maximum absolute atomic E-state index is 11.1. The van der Waals surface area contributed by atoms with E-state index in [1.54, 1.807) is 0 Å². The molecule has 0 saturated heterocycles. The Morgan fingerprint density at radius 2 is 1.72 bits per heavy atom. The zero-order valence-electron chi connectivity index (χ0n) is 15.9. The number of thiocarbonyl (C=S) groups is 1. The highest BCUT2D eigenvalue weighted by atomic mass is 35.5. The molecule has 0 aromatic heterocycles. The van der Waals surface area contributed by atoms with Crippen molar-refractivity contribution in [1.29, 1.82) is 0 Å². The lowest BCUT2D eigenvalue weighted by Gasteiger charge is -2.34. The molecule has 4 nitrogen and oxygen atoms in total. The van der Waals surface area contributed by atoms with E-state index in [0.29, 0.717) is 40.5 Å². The third kappa shape index (κ3) is 6.33. The number of para-hydroxylation sites is 1. The number of nitrogens with zero attached hydrogens (tertiary/aromatic N) is 1. The molecule has 2 aromatic rings. The predicted octanol–water partition coefficient (Wildman–Crippen LogP) is 4.75. The number of carboxylic acid groups (broad SMARTS) is 1. The highest BCUT2D eigenvalue weighted by Gasteiger charge is 2.25. The number of carbonyl (C=O) groups is 1. The molecule has 1 aliphatic carbocycles. The molecule has 0 bridgehead atoms. The van der Waals surface area contributed by atoms with Gasteiger partial charge in [0.1, 0.15) is 0 Å². The van der Waals surface area contributed by atoms with Crippen LogP contribution >= 0.6 is 35.4 Å². The summed E-state index contributed by atoms with van der Waals surface area (Å²) in [5.41, 5.74) is 1.86. The zero-order valence-corrected chi connectivity index (χ0v) is 18.3. The van der Waals surface area contributed by atoms with Gasteiger partial charge in [-0.2, -0.15) is 0 Å². The Labute approximate surface area is 186 Å². The highest BCUT2D eigenvalue weighted by Crippen LogP contribution is 2.30. The first-order valence-electron chi connectivity index (χ1n) is 9.68. The maximum atomic E-state index is 11.1. The average molecular weight is 450 g/mol. The van der Waals surface area contributed by atoms with E-state index in [-0.39, 0.29) is 5.92 Å². The van der Waals surface area contributed by atoms with Crippen LogP contribution in [-0.4, -0.2) is 22.5 Å². The van der Waals surface area contributed by atoms with Crippen molar-refractivity contribution in [3.8, 4) is 0 Å². The lowest BCUT2D eigenvalue weighted by Crippen LogP contribution is -2.40. The fourth-order valence-corrected chi connectivity index (χ4v) is 4.24. The minimum atomic E-state index is -0.933. The Hall–Kier alpha value is -1.82. The maximum Gasteiger partial charge on any atom is 0.173 e. The topological polar surface area (TPSA) is 55.4 Å². The fourth-order valence-electron chi connectivity index (χ4n) is 3.68. The lowest BCUT2D eigenvalue weighted by molar-refractivity contribution is -0.312. The molecule has 0 aliphatic heterocycles. The van der Waals surface area contributed by atoms with E-state index in [1.807, 2.05) is 48.5 Å². The molecular weight excluding hydrogens is 427 g/mol. The number of hydrogen-bond acceptors (Lipinski definition) is 3. The average Bonchev–Trinajstić information content (AvgIpc) is 2.71. The van der Waals surface area contributed by atoms with Gasteiger partial charge in [0.15, 0.2) is 5.11 Å². The fraction of sp³-hybridized carbons (Fsp3) is 0.364. The van der Waals surface area contributed by atoms with Crippen LogP contribution in [0.25, 0.3) is 0 Å². The summed E-state index contributed by atoms with van der Waals surface area (Å²) in [6.07, 6.45) is 3.02. The van der Waals surface area contributed by atoms with E-state index in [4.69, 9.17) is 35.4 Å². The molecule has 1 N–H and O–H groups in total. The van der Waals surface area contributed by atoms with Crippen LogP contribution < -0.4 is 10.4 Å². The molecule has 0 amide bonds. The van der Waals surface area contributed by atoms with Crippen molar-refractivity contribution >= 4 is 52.2 Å². The van der Waals surface area contributed by atoms with Gasteiger partial charge in [-0.1, -0.05) is 47.5 Å². The summed E-state index contributed by atoms with van der Waals surface area (Å²) in [4.78, 5) is 13.2. The van der Waals surface area contributed by atoms with Crippen molar-refractivity contribution < 1.29 is 9.90 Å². The van der Waals surface area contributed by atoms with Gasteiger partial charge in [-0.3, -0.25) is 0 Å². The monoisotopic (exact) mass is 449 g/mol. The molecule has 154 valence electrons. The molecule has 7 heteroatoms. The summed E-state index contributed by atoms with van der Waals surface area (Å²) >= 11 is 18.0. The first-order valence-corrected chi connectivity index (χ1v) is 10.8. The van der Waals surface area contributed by atoms with Crippen LogP contribution in [0.5, 0.6) is 0 Å². The summed E-state index contributed by atoms with van der Waals surface area (Å²) in [5.74, 6) is -0.884. The van der Waals surface area contributed by atoms with E-state index >= 15 is 0 Å². The Morgan fingerprint density at radius 3 is 2.34 bits per heavy atom. The first-order chi connectivity index (χ1) is 13.9. The van der Waals surface area contributed by atoms with Crippen LogP contribution in [-0.2, 0) is 11.3 Å². The van der Waals surface area contributed by atoms with E-state index < -0.39 is 5.97 Å². The molecule has 1 aliphatic rings. The number of carbonyl (C=O) groups excluding carboxylic acids is 1. The minimum absolute atomic E-state index is 0.329. The number of hydrogen-bond donors (Lipinski definition) is 1. The Bertz CT molecular complexity index is 852. The molecule has 0 unspecified atom stereocenters. The zero-order chi connectivity index (χ0) is 20.8. The summed E-state index contributed by atoms with van der Waals surface area (Å²) in [6.45, 7) is 1.38. The summed E-state index contributed by atoms with van der Waals surface area (Å²) < 4.78 is 0.